The molecule has 0 aromatic carbocycles. The van der Waals surface area contributed by atoms with E-state index in [4.69, 9.17) is 4.74 Å². The van der Waals surface area contributed by atoms with Crippen LogP contribution in [-0.4, -0.2) is 82.1 Å². The highest BCUT2D eigenvalue weighted by Crippen LogP contribution is 2.28. The molecular weight excluding hydrogens is 418 g/mol. The van der Waals surface area contributed by atoms with E-state index in [1.807, 2.05) is 0 Å². The highest BCUT2D eigenvalue weighted by molar-refractivity contribution is 7.14. The van der Waals surface area contributed by atoms with Crippen LogP contribution in [-0.2, 0) is 14.3 Å². The lowest BCUT2D eigenvalue weighted by atomic mass is 9.98. The van der Waals surface area contributed by atoms with E-state index in [1.54, 1.807) is 20.8 Å². The first-order valence-electron chi connectivity index (χ1n) is 9.05. The van der Waals surface area contributed by atoms with Crippen molar-refractivity contribution < 1.29 is 33.8 Å². The smallest absolute Gasteiger partial charge is 0.414 e. The minimum absolute atomic E-state index is 0.0537. The lowest BCUT2D eigenvalue weighted by Crippen LogP contribution is -2.72. The third kappa shape index (κ3) is 4.20. The van der Waals surface area contributed by atoms with Gasteiger partial charge in [-0.25, -0.2) is 19.5 Å². The summed E-state index contributed by atoms with van der Waals surface area (Å²) in [6.45, 7) is 5.78. The molecule has 2 aliphatic heterocycles. The number of β-lactam (4-membered cyclic amide) rings is 1. The molecule has 1 aromatic rings. The van der Waals surface area contributed by atoms with E-state index < -0.39 is 47.4 Å². The number of cyclic esters (lactones) is 1. The molecule has 3 heterocycles. The first-order chi connectivity index (χ1) is 14.0. The number of Topliss-reactive ketones (excluding diaryl/α,β-unsaturated/α-hetero) is 1. The average Bonchev–Trinajstić information content (AvgIpc) is 3.26. The van der Waals surface area contributed by atoms with Crippen LogP contribution >= 0.6 is 11.3 Å². The summed E-state index contributed by atoms with van der Waals surface area (Å²) in [5, 5.41) is 15.7. The minimum atomic E-state index is -1.24. The fourth-order valence-corrected chi connectivity index (χ4v) is 4.02. The molecule has 2 aliphatic rings. The Morgan fingerprint density at radius 1 is 1.40 bits per heavy atom. The van der Waals surface area contributed by atoms with Crippen LogP contribution in [0.3, 0.4) is 0 Å². The van der Waals surface area contributed by atoms with Gasteiger partial charge in [-0.05, 0) is 20.8 Å². The normalized spacial score (nSPS) is 20.8. The van der Waals surface area contributed by atoms with Crippen molar-refractivity contribution in [2.75, 3.05) is 24.6 Å². The predicted octanol–water partition coefficient (Wildman–Crippen LogP) is 0.0441. The number of carbonyl (C=O) groups excluding carboxylic acids is 4. The van der Waals surface area contributed by atoms with E-state index in [0.717, 1.165) is 16.2 Å². The molecule has 3 rings (SSSR count). The largest absolute Gasteiger partial charge is 0.465 e. The Labute approximate surface area is 175 Å². The van der Waals surface area contributed by atoms with Crippen molar-refractivity contribution in [1.82, 2.24) is 20.5 Å². The lowest BCUT2D eigenvalue weighted by molar-refractivity contribution is -0.135. The second kappa shape index (κ2) is 7.89. The van der Waals surface area contributed by atoms with E-state index in [2.05, 4.69) is 15.6 Å². The van der Waals surface area contributed by atoms with Gasteiger partial charge in [0.05, 0.1) is 12.6 Å². The summed E-state index contributed by atoms with van der Waals surface area (Å²) in [6.07, 6.45) is -1.75. The maximum absolute atomic E-state index is 12.4. The third-order valence-electron chi connectivity index (χ3n) is 4.55. The molecule has 1 aromatic heterocycles. The SMILES string of the molecule is CC(C)(C)N(C(=O)O)c1nc(C(=O)C(=O)N[C@@H]2C(=O)N[C@@H]2CN2CCOC2=O)cs1. The minimum Gasteiger partial charge on any atom is -0.465 e. The Morgan fingerprint density at radius 2 is 2.10 bits per heavy atom. The number of carboxylic acid groups (broad SMARTS) is 1. The van der Waals surface area contributed by atoms with Gasteiger partial charge in [0.1, 0.15) is 18.3 Å². The van der Waals surface area contributed by atoms with Crippen LogP contribution < -0.4 is 15.5 Å². The molecule has 12 nitrogen and oxygen atoms in total. The summed E-state index contributed by atoms with van der Waals surface area (Å²) in [5.41, 5.74) is -1.03. The highest BCUT2D eigenvalue weighted by atomic mass is 32.1. The van der Waals surface area contributed by atoms with Gasteiger partial charge in [-0.1, -0.05) is 0 Å². The van der Waals surface area contributed by atoms with Crippen LogP contribution in [0.15, 0.2) is 5.38 Å². The van der Waals surface area contributed by atoms with Crippen molar-refractivity contribution >= 4 is 46.3 Å². The van der Waals surface area contributed by atoms with Crippen molar-refractivity contribution in [3.8, 4) is 0 Å². The molecule has 0 bridgehead atoms. The van der Waals surface area contributed by atoms with Crippen LogP contribution in [0.25, 0.3) is 0 Å². The van der Waals surface area contributed by atoms with Gasteiger partial charge in [-0.2, -0.15) is 0 Å². The van der Waals surface area contributed by atoms with Crippen molar-refractivity contribution in [2.45, 2.75) is 38.4 Å². The molecule has 2 saturated heterocycles. The third-order valence-corrected chi connectivity index (χ3v) is 5.37. The summed E-state index contributed by atoms with van der Waals surface area (Å²) in [5.74, 6) is -2.51. The topological polar surface area (TPSA) is 158 Å². The molecule has 13 heteroatoms. The molecule has 30 heavy (non-hydrogen) atoms. The van der Waals surface area contributed by atoms with Crippen molar-refractivity contribution in [3.63, 3.8) is 0 Å². The summed E-state index contributed by atoms with van der Waals surface area (Å²) in [7, 11) is 0. The van der Waals surface area contributed by atoms with Crippen LogP contribution in [0.1, 0.15) is 31.3 Å². The maximum Gasteiger partial charge on any atom is 0.414 e. The van der Waals surface area contributed by atoms with Crippen LogP contribution in [0.4, 0.5) is 14.7 Å². The van der Waals surface area contributed by atoms with Gasteiger partial charge in [0.15, 0.2) is 5.13 Å². The fourth-order valence-electron chi connectivity index (χ4n) is 3.04. The predicted molar refractivity (Wildman–Crippen MR) is 103 cm³/mol. The number of hydrogen-bond acceptors (Lipinski definition) is 8. The Hall–Kier alpha value is -3.22. The summed E-state index contributed by atoms with van der Waals surface area (Å²) in [4.78, 5) is 66.0. The number of ketones is 1. The van der Waals surface area contributed by atoms with Gasteiger partial charge in [-0.3, -0.25) is 14.4 Å². The molecule has 2 atom stereocenters. The maximum atomic E-state index is 12.4. The molecule has 162 valence electrons. The molecule has 0 unspecified atom stereocenters. The number of carbonyl (C=O) groups is 5. The van der Waals surface area contributed by atoms with Gasteiger partial charge >= 0.3 is 12.2 Å². The van der Waals surface area contributed by atoms with E-state index in [1.165, 1.54) is 10.3 Å². The number of thiazole rings is 1. The number of rotatable bonds is 6. The Kier molecular flexibility index (Phi) is 5.65. The molecule has 2 fully saturated rings. The molecule has 0 aliphatic carbocycles. The second-order valence-corrected chi connectivity index (χ2v) is 8.60. The number of nitrogens with zero attached hydrogens (tertiary/aromatic N) is 3. The molecule has 0 spiro atoms. The summed E-state index contributed by atoms with van der Waals surface area (Å²) in [6, 6.07) is -1.52. The number of anilines is 1. The van der Waals surface area contributed by atoms with Gasteiger partial charge in [-0.15, -0.1) is 11.3 Å². The summed E-state index contributed by atoms with van der Waals surface area (Å²) < 4.78 is 4.82. The first kappa shape index (κ1) is 21.5. The van der Waals surface area contributed by atoms with Crippen LogP contribution in [0, 0.1) is 0 Å². The van der Waals surface area contributed by atoms with Crippen LogP contribution in [0.2, 0.25) is 0 Å². The monoisotopic (exact) mass is 439 g/mol. The summed E-state index contributed by atoms with van der Waals surface area (Å²) >= 11 is 0.916. The van der Waals surface area contributed by atoms with Gasteiger partial charge in [0.2, 0.25) is 5.91 Å². The number of nitrogens with one attached hydrogen (secondary N) is 2. The van der Waals surface area contributed by atoms with Crippen LogP contribution in [0.5, 0.6) is 0 Å². The Balaban J connectivity index is 1.65. The van der Waals surface area contributed by atoms with Crippen molar-refractivity contribution in [3.05, 3.63) is 11.1 Å². The standard InChI is InChI=1S/C17H21N5O7S/c1-17(2,3)22(15(26)27)14-19-9(7-30-14)11(23)13(25)20-10-8(18-12(10)24)6-21-4-5-29-16(21)28/h7-8,10H,4-6H2,1-3H3,(H,18,24)(H,20,25)(H,26,27)/t8-,10+/m1/s1. The zero-order valence-corrected chi connectivity index (χ0v) is 17.3. The Bertz CT molecular complexity index is 909. The van der Waals surface area contributed by atoms with Gasteiger partial charge < -0.3 is 25.4 Å². The number of amides is 4. The zero-order chi connectivity index (χ0) is 22.2. The molecular formula is C17H21N5O7S. The number of ether oxygens (including phenoxy) is 1. The van der Waals surface area contributed by atoms with Gasteiger partial charge in [0, 0.05) is 17.5 Å². The molecule has 0 saturated carbocycles. The van der Waals surface area contributed by atoms with Crippen molar-refractivity contribution in [1.29, 1.82) is 0 Å². The molecule has 3 N–H and O–H groups in total. The average molecular weight is 439 g/mol. The molecule has 0 radical (unpaired) electrons. The number of aromatic nitrogens is 1. The van der Waals surface area contributed by atoms with E-state index >= 15 is 0 Å². The highest BCUT2D eigenvalue weighted by Gasteiger charge is 2.43. The lowest BCUT2D eigenvalue weighted by Gasteiger charge is -2.38. The first-order valence-corrected chi connectivity index (χ1v) is 9.93. The fraction of sp³-hybridized carbons (Fsp3) is 0.529. The Morgan fingerprint density at radius 3 is 2.63 bits per heavy atom. The zero-order valence-electron chi connectivity index (χ0n) is 16.5. The van der Waals surface area contributed by atoms with Gasteiger partial charge in [0.25, 0.3) is 11.7 Å². The van der Waals surface area contributed by atoms with Crippen molar-refractivity contribution in [2.24, 2.45) is 0 Å². The molecule has 4 amide bonds. The quantitative estimate of drug-likeness (QED) is 0.318. The van der Waals surface area contributed by atoms with E-state index in [0.29, 0.717) is 6.54 Å². The second-order valence-electron chi connectivity index (χ2n) is 7.76. The number of hydrogen-bond donors (Lipinski definition) is 3. The van der Waals surface area contributed by atoms with E-state index in [9.17, 15) is 29.1 Å². The van der Waals surface area contributed by atoms with E-state index in [-0.39, 0.29) is 24.0 Å².